The number of unbranched alkanes of at least 4 members (excludes halogenated alkanes) is 4. The third kappa shape index (κ3) is 14.5. The van der Waals surface area contributed by atoms with Crippen LogP contribution in [0.15, 0.2) is 60.7 Å². The molecule has 2 aromatic carbocycles. The highest BCUT2D eigenvalue weighted by molar-refractivity contribution is 6.74. The summed E-state index contributed by atoms with van der Waals surface area (Å²) in [7, 11) is -0.591. The van der Waals surface area contributed by atoms with Crippen LogP contribution in [0.2, 0.25) is 18.1 Å². The lowest BCUT2D eigenvalue weighted by atomic mass is 9.93. The molecule has 0 bridgehead atoms. The predicted octanol–water partition coefficient (Wildman–Crippen LogP) is 8.47. The summed E-state index contributed by atoms with van der Waals surface area (Å²) >= 11 is 0. The molecule has 5 atom stereocenters. The zero-order valence-electron chi connectivity index (χ0n) is 33.6. The number of hydrogen-bond donors (Lipinski definition) is 2. The average Bonchev–Trinajstić information content (AvgIpc) is 3.10. The number of ether oxygens (including phenoxy) is 1. The molecular formula is C42H67N3O6Si. The summed E-state index contributed by atoms with van der Waals surface area (Å²) in [6.45, 7) is 18.7. The van der Waals surface area contributed by atoms with E-state index in [0.717, 1.165) is 49.5 Å². The zero-order chi connectivity index (χ0) is 38.9. The Balaban J connectivity index is 2.32. The van der Waals surface area contributed by atoms with Gasteiger partial charge in [0.25, 0.3) is 0 Å². The van der Waals surface area contributed by atoms with Crippen LogP contribution in [-0.4, -0.2) is 68.7 Å². The van der Waals surface area contributed by atoms with E-state index in [2.05, 4.69) is 51.4 Å². The standard InChI is InChI=1S/C42H67N3O6Si/c1-11-12-13-14-21-26-35(43-41(49)50-30-34-24-19-16-20-25-34)32(4)39(47)44-38(31(2)3)40(48)45(8)36(29-33-22-17-15-18-23-33)37(27-28-46)51-52(9,10)42(5,6)7/h15-20,22-25,28,31-32,35-38H,11-14,21,26-27,29-30H2,1-10H3,(H,43,49)(H,44,47)/t32-,35+,36-,37+,38-/m0/s1. The highest BCUT2D eigenvalue weighted by Gasteiger charge is 2.43. The molecule has 2 aromatic rings. The quantitative estimate of drug-likeness (QED) is 0.0712. The van der Waals surface area contributed by atoms with Gasteiger partial charge in [-0.3, -0.25) is 9.59 Å². The van der Waals surface area contributed by atoms with Gasteiger partial charge in [0.1, 0.15) is 18.9 Å². The van der Waals surface area contributed by atoms with Gasteiger partial charge < -0.3 is 29.5 Å². The SMILES string of the molecule is CCCCCCC[C@@H](NC(=O)OCc1ccccc1)[C@H](C)C(=O)N[C@H](C(=O)N(C)[C@@H](Cc1ccccc1)[C@@H](CC=O)O[Si](C)(C)C(C)(C)C)C(C)C. The molecule has 0 unspecified atom stereocenters. The summed E-state index contributed by atoms with van der Waals surface area (Å²) in [5, 5.41) is 5.91. The summed E-state index contributed by atoms with van der Waals surface area (Å²) in [6, 6.07) is 17.6. The second-order valence-corrected chi connectivity index (χ2v) is 20.8. The van der Waals surface area contributed by atoms with Gasteiger partial charge >= 0.3 is 6.09 Å². The van der Waals surface area contributed by atoms with E-state index in [4.69, 9.17) is 9.16 Å². The fourth-order valence-corrected chi connectivity index (χ4v) is 7.37. The van der Waals surface area contributed by atoms with E-state index in [-0.39, 0.29) is 35.8 Å². The minimum absolute atomic E-state index is 0.104. The third-order valence-electron chi connectivity index (χ3n) is 10.5. The molecule has 9 nitrogen and oxygen atoms in total. The summed E-state index contributed by atoms with van der Waals surface area (Å²) in [5.74, 6) is -1.42. The number of likely N-dealkylation sites (N-methyl/N-ethyl adjacent to an activating group) is 1. The van der Waals surface area contributed by atoms with E-state index in [1.807, 2.05) is 74.5 Å². The molecule has 2 N–H and O–H groups in total. The number of aldehydes is 1. The molecule has 2 rings (SSSR count). The number of carbonyl (C=O) groups is 4. The van der Waals surface area contributed by atoms with Crippen molar-refractivity contribution in [1.29, 1.82) is 0 Å². The predicted molar refractivity (Wildman–Crippen MR) is 212 cm³/mol. The van der Waals surface area contributed by atoms with Crippen molar-refractivity contribution in [3.63, 3.8) is 0 Å². The molecule has 0 spiro atoms. The number of alkyl carbamates (subject to hydrolysis) is 1. The Kier molecular flexibility index (Phi) is 18.8. The van der Waals surface area contributed by atoms with Gasteiger partial charge in [0.2, 0.25) is 11.8 Å². The minimum Gasteiger partial charge on any atom is -0.445 e. The van der Waals surface area contributed by atoms with Gasteiger partial charge in [0.15, 0.2) is 8.32 Å². The van der Waals surface area contributed by atoms with Crippen molar-refractivity contribution in [1.82, 2.24) is 15.5 Å². The van der Waals surface area contributed by atoms with Crippen LogP contribution in [0.3, 0.4) is 0 Å². The first-order valence-electron chi connectivity index (χ1n) is 19.2. The minimum atomic E-state index is -2.34. The first kappa shape index (κ1) is 44.7. The molecule has 290 valence electrons. The lowest BCUT2D eigenvalue weighted by Crippen LogP contribution is -2.59. The summed E-state index contributed by atoms with van der Waals surface area (Å²) in [6.07, 6.45) is 6.20. The van der Waals surface area contributed by atoms with Gasteiger partial charge in [-0.15, -0.1) is 0 Å². The molecule has 0 aliphatic carbocycles. The second-order valence-electron chi connectivity index (χ2n) is 16.1. The van der Waals surface area contributed by atoms with Crippen molar-refractivity contribution < 1.29 is 28.3 Å². The summed E-state index contributed by atoms with van der Waals surface area (Å²) in [4.78, 5) is 55.2. The first-order chi connectivity index (χ1) is 24.5. The topological polar surface area (TPSA) is 114 Å². The van der Waals surface area contributed by atoms with E-state index in [1.165, 1.54) is 0 Å². The van der Waals surface area contributed by atoms with Crippen LogP contribution >= 0.6 is 0 Å². The van der Waals surface area contributed by atoms with Crippen molar-refractivity contribution in [2.75, 3.05) is 7.05 Å². The highest BCUT2D eigenvalue weighted by atomic mass is 28.4. The zero-order valence-corrected chi connectivity index (χ0v) is 34.6. The molecule has 3 amide bonds. The highest BCUT2D eigenvalue weighted by Crippen LogP contribution is 2.38. The summed E-state index contributed by atoms with van der Waals surface area (Å²) in [5.41, 5.74) is 1.89. The van der Waals surface area contributed by atoms with Crippen molar-refractivity contribution in [3.05, 3.63) is 71.8 Å². The number of rotatable bonds is 22. The Morgan fingerprint density at radius 3 is 1.98 bits per heavy atom. The van der Waals surface area contributed by atoms with Crippen molar-refractivity contribution in [3.8, 4) is 0 Å². The Labute approximate surface area is 315 Å². The number of nitrogens with one attached hydrogen (secondary N) is 2. The molecule has 0 heterocycles. The smallest absolute Gasteiger partial charge is 0.407 e. The lowest BCUT2D eigenvalue weighted by Gasteiger charge is -2.44. The molecule has 10 heteroatoms. The van der Waals surface area contributed by atoms with E-state index in [0.29, 0.717) is 12.8 Å². The lowest BCUT2D eigenvalue weighted by molar-refractivity contribution is -0.141. The second kappa shape index (κ2) is 21.9. The number of nitrogens with zero attached hydrogens (tertiary/aromatic N) is 1. The van der Waals surface area contributed by atoms with Crippen LogP contribution < -0.4 is 10.6 Å². The van der Waals surface area contributed by atoms with E-state index in [1.54, 1.807) is 18.9 Å². The van der Waals surface area contributed by atoms with E-state index < -0.39 is 44.6 Å². The van der Waals surface area contributed by atoms with Crippen LogP contribution in [0.4, 0.5) is 4.79 Å². The van der Waals surface area contributed by atoms with Crippen LogP contribution in [0.25, 0.3) is 0 Å². The fourth-order valence-electron chi connectivity index (χ4n) is 6.00. The van der Waals surface area contributed by atoms with Gasteiger partial charge in [0, 0.05) is 19.5 Å². The van der Waals surface area contributed by atoms with Gasteiger partial charge in [0.05, 0.1) is 18.1 Å². The molecule has 0 aromatic heterocycles. The Hall–Kier alpha value is -3.50. The van der Waals surface area contributed by atoms with Gasteiger partial charge in [-0.25, -0.2) is 4.79 Å². The average molecular weight is 738 g/mol. The maximum atomic E-state index is 14.5. The number of carbonyl (C=O) groups excluding carboxylic acids is 4. The molecule has 0 fully saturated rings. The first-order valence-corrected chi connectivity index (χ1v) is 22.1. The van der Waals surface area contributed by atoms with Crippen LogP contribution in [0, 0.1) is 11.8 Å². The van der Waals surface area contributed by atoms with Gasteiger partial charge in [-0.2, -0.15) is 0 Å². The van der Waals surface area contributed by atoms with Gasteiger partial charge in [-0.1, -0.05) is 141 Å². The Bertz CT molecular complexity index is 1360. The maximum absolute atomic E-state index is 14.5. The Morgan fingerprint density at radius 2 is 1.44 bits per heavy atom. The maximum Gasteiger partial charge on any atom is 0.407 e. The molecular weight excluding hydrogens is 671 g/mol. The monoisotopic (exact) mass is 737 g/mol. The third-order valence-corrected chi connectivity index (χ3v) is 15.0. The molecule has 0 saturated heterocycles. The van der Waals surface area contributed by atoms with E-state index >= 15 is 0 Å². The summed E-state index contributed by atoms with van der Waals surface area (Å²) < 4.78 is 12.4. The number of amides is 3. The van der Waals surface area contributed by atoms with Crippen molar-refractivity contribution >= 4 is 32.5 Å². The van der Waals surface area contributed by atoms with Crippen molar-refractivity contribution in [2.24, 2.45) is 11.8 Å². The normalized spacial score (nSPS) is 14.8. The molecule has 0 aliphatic heterocycles. The van der Waals surface area contributed by atoms with Crippen molar-refractivity contribution in [2.45, 2.75) is 149 Å². The molecule has 0 aliphatic rings. The van der Waals surface area contributed by atoms with E-state index in [9.17, 15) is 19.2 Å². The van der Waals surface area contributed by atoms with Crippen LogP contribution in [-0.2, 0) is 36.6 Å². The van der Waals surface area contributed by atoms with Crippen LogP contribution in [0.1, 0.15) is 105 Å². The molecule has 0 saturated carbocycles. The largest absolute Gasteiger partial charge is 0.445 e. The Morgan fingerprint density at radius 1 is 0.865 bits per heavy atom. The van der Waals surface area contributed by atoms with Crippen LogP contribution in [0.5, 0.6) is 0 Å². The fraction of sp³-hybridized carbons (Fsp3) is 0.619. The molecule has 52 heavy (non-hydrogen) atoms. The van der Waals surface area contributed by atoms with Gasteiger partial charge in [-0.05, 0) is 48.0 Å². The number of benzene rings is 2. The number of hydrogen-bond acceptors (Lipinski definition) is 6. The molecule has 0 radical (unpaired) electrons.